The number of rotatable bonds is 2. The second-order valence-corrected chi connectivity index (χ2v) is 7.62. The Balaban J connectivity index is 1.78. The van der Waals surface area contributed by atoms with Crippen LogP contribution in [-0.4, -0.2) is 33.8 Å². The molecule has 2 aliphatic heterocycles. The number of amides is 1. The quantitative estimate of drug-likeness (QED) is 0.748. The van der Waals surface area contributed by atoms with Crippen molar-refractivity contribution in [3.63, 3.8) is 0 Å². The molecule has 1 aromatic carbocycles. The fraction of sp³-hybridized carbons (Fsp3) is 0.350. The lowest BCUT2D eigenvalue weighted by atomic mass is 9.83. The molecule has 1 atom stereocenters. The first-order valence-electron chi connectivity index (χ1n) is 9.06. The third-order valence-corrected chi connectivity index (χ3v) is 5.62. The number of pyridine rings is 1. The Morgan fingerprint density at radius 1 is 1.23 bits per heavy atom. The van der Waals surface area contributed by atoms with Crippen molar-refractivity contribution in [1.29, 1.82) is 0 Å². The van der Waals surface area contributed by atoms with Crippen LogP contribution >= 0.6 is 0 Å². The van der Waals surface area contributed by atoms with Crippen LogP contribution in [0.15, 0.2) is 36.5 Å². The molecule has 6 nitrogen and oxygen atoms in total. The average Bonchev–Trinajstić information content (AvgIpc) is 3.33. The minimum atomic E-state index is -0.626. The topological polar surface area (TPSA) is 71.8 Å². The lowest BCUT2D eigenvalue weighted by Crippen LogP contribution is -2.27. The summed E-state index contributed by atoms with van der Waals surface area (Å²) in [5.74, 6) is 0.634. The molecule has 2 aromatic heterocycles. The van der Waals surface area contributed by atoms with E-state index in [4.69, 9.17) is 5.10 Å². The van der Waals surface area contributed by atoms with Crippen LogP contribution in [0.5, 0.6) is 0 Å². The zero-order valence-corrected chi connectivity index (χ0v) is 14.9. The third kappa shape index (κ3) is 2.05. The van der Waals surface area contributed by atoms with Crippen molar-refractivity contribution in [1.82, 2.24) is 20.1 Å². The van der Waals surface area contributed by atoms with Gasteiger partial charge in [-0.2, -0.15) is 5.10 Å². The molecule has 2 aliphatic rings. The first-order chi connectivity index (χ1) is 12.6. The second kappa shape index (κ2) is 5.38. The molecular weight excluding hydrogens is 326 g/mol. The summed E-state index contributed by atoms with van der Waals surface area (Å²) in [7, 11) is 0. The fourth-order valence-electron chi connectivity index (χ4n) is 4.18. The van der Waals surface area contributed by atoms with Crippen LogP contribution < -0.4 is 10.6 Å². The van der Waals surface area contributed by atoms with Crippen LogP contribution in [0, 0.1) is 0 Å². The van der Waals surface area contributed by atoms with E-state index in [1.807, 2.05) is 26.0 Å². The molecule has 3 aromatic rings. The molecule has 4 heterocycles. The zero-order valence-electron chi connectivity index (χ0n) is 14.9. The van der Waals surface area contributed by atoms with Crippen molar-refractivity contribution < 1.29 is 4.79 Å². The molecule has 132 valence electrons. The van der Waals surface area contributed by atoms with Gasteiger partial charge in [0.15, 0.2) is 0 Å². The highest BCUT2D eigenvalue weighted by Gasteiger charge is 2.42. The Morgan fingerprint density at radius 3 is 2.88 bits per heavy atom. The molecular formula is C20H21N5O. The van der Waals surface area contributed by atoms with E-state index in [0.29, 0.717) is 11.9 Å². The van der Waals surface area contributed by atoms with E-state index in [1.54, 1.807) is 6.20 Å². The van der Waals surface area contributed by atoms with E-state index in [-0.39, 0.29) is 5.91 Å². The van der Waals surface area contributed by atoms with Crippen LogP contribution in [0.2, 0.25) is 0 Å². The van der Waals surface area contributed by atoms with Gasteiger partial charge in [0.1, 0.15) is 11.5 Å². The number of fused-ring (bicyclic) bond motifs is 2. The number of nitrogens with zero attached hydrogens (tertiary/aromatic N) is 3. The van der Waals surface area contributed by atoms with Gasteiger partial charge in [0.05, 0.1) is 17.0 Å². The first kappa shape index (κ1) is 15.5. The summed E-state index contributed by atoms with van der Waals surface area (Å²) < 4.78 is 2.15. The van der Waals surface area contributed by atoms with Crippen molar-refractivity contribution in [2.45, 2.75) is 31.7 Å². The van der Waals surface area contributed by atoms with Gasteiger partial charge in [-0.1, -0.05) is 18.2 Å². The van der Waals surface area contributed by atoms with Gasteiger partial charge in [-0.25, -0.2) is 4.98 Å². The van der Waals surface area contributed by atoms with Crippen molar-refractivity contribution in [3.05, 3.63) is 42.1 Å². The Labute approximate surface area is 151 Å². The minimum absolute atomic E-state index is 0.0174. The third-order valence-electron chi connectivity index (χ3n) is 5.62. The SMILES string of the molecule is CC1(C)C(=O)Nc2nccc(-c3nn([C@@H]4CCNC4)c4ccccc34)c21. The van der Waals surface area contributed by atoms with Crippen molar-refractivity contribution in [2.24, 2.45) is 0 Å². The number of carbonyl (C=O) groups excluding carboxylic acids is 1. The van der Waals surface area contributed by atoms with E-state index in [9.17, 15) is 4.79 Å². The summed E-state index contributed by atoms with van der Waals surface area (Å²) in [5, 5.41) is 12.5. The first-order valence-corrected chi connectivity index (χ1v) is 9.06. The predicted molar refractivity (Wildman–Crippen MR) is 101 cm³/mol. The van der Waals surface area contributed by atoms with Crippen LogP contribution in [0.3, 0.4) is 0 Å². The van der Waals surface area contributed by atoms with E-state index < -0.39 is 5.41 Å². The number of nitrogens with one attached hydrogen (secondary N) is 2. The molecule has 1 fully saturated rings. The Kier molecular flexibility index (Phi) is 3.21. The predicted octanol–water partition coefficient (Wildman–Crippen LogP) is 2.86. The molecule has 1 amide bonds. The zero-order chi connectivity index (χ0) is 17.9. The van der Waals surface area contributed by atoms with Crippen molar-refractivity contribution in [2.75, 3.05) is 18.4 Å². The van der Waals surface area contributed by atoms with Crippen molar-refractivity contribution >= 4 is 22.6 Å². The van der Waals surface area contributed by atoms with Crippen LogP contribution in [0.1, 0.15) is 31.9 Å². The summed E-state index contributed by atoms with van der Waals surface area (Å²) in [4.78, 5) is 16.8. The van der Waals surface area contributed by atoms with Gasteiger partial charge in [0.25, 0.3) is 0 Å². The van der Waals surface area contributed by atoms with Gasteiger partial charge in [-0.15, -0.1) is 0 Å². The molecule has 0 unspecified atom stereocenters. The fourth-order valence-corrected chi connectivity index (χ4v) is 4.18. The maximum atomic E-state index is 12.4. The normalized spacial score (nSPS) is 21.2. The maximum absolute atomic E-state index is 12.4. The standard InChI is InChI=1S/C20H21N5O/c1-20(2)16-14(8-10-22-18(16)23-19(20)26)17-13-5-3-4-6-15(13)25(24-17)12-7-9-21-11-12/h3-6,8,10,12,21H,7,9,11H2,1-2H3,(H,22,23,26)/t12-/m1/s1. The Bertz CT molecular complexity index is 1030. The number of aromatic nitrogens is 3. The summed E-state index contributed by atoms with van der Waals surface area (Å²) in [6, 6.07) is 10.7. The van der Waals surface area contributed by atoms with Crippen LogP contribution in [0.25, 0.3) is 22.2 Å². The highest BCUT2D eigenvalue weighted by atomic mass is 16.2. The highest BCUT2D eigenvalue weighted by Crippen LogP contribution is 2.43. The molecule has 6 heteroatoms. The molecule has 1 saturated heterocycles. The number of benzene rings is 1. The molecule has 0 radical (unpaired) electrons. The minimum Gasteiger partial charge on any atom is -0.315 e. The molecule has 0 aliphatic carbocycles. The largest absolute Gasteiger partial charge is 0.315 e. The van der Waals surface area contributed by atoms with E-state index >= 15 is 0 Å². The monoisotopic (exact) mass is 347 g/mol. The van der Waals surface area contributed by atoms with Crippen LogP contribution in [-0.2, 0) is 10.2 Å². The number of anilines is 1. The van der Waals surface area contributed by atoms with E-state index in [2.05, 4.69) is 38.5 Å². The molecule has 0 saturated carbocycles. The Hall–Kier alpha value is -2.73. The summed E-state index contributed by atoms with van der Waals surface area (Å²) in [5.41, 5.74) is 3.36. The van der Waals surface area contributed by atoms with Gasteiger partial charge >= 0.3 is 0 Å². The molecule has 5 rings (SSSR count). The maximum Gasteiger partial charge on any atom is 0.235 e. The lowest BCUT2D eigenvalue weighted by Gasteiger charge is -2.17. The number of hydrogen-bond donors (Lipinski definition) is 2. The summed E-state index contributed by atoms with van der Waals surface area (Å²) in [6.07, 6.45) is 2.83. The summed E-state index contributed by atoms with van der Waals surface area (Å²) >= 11 is 0. The van der Waals surface area contributed by atoms with Gasteiger partial charge in [-0.05, 0) is 38.9 Å². The number of hydrogen-bond acceptors (Lipinski definition) is 4. The highest BCUT2D eigenvalue weighted by molar-refractivity contribution is 6.08. The molecule has 0 spiro atoms. The second-order valence-electron chi connectivity index (χ2n) is 7.62. The lowest BCUT2D eigenvalue weighted by molar-refractivity contribution is -0.119. The van der Waals surface area contributed by atoms with E-state index in [0.717, 1.165) is 47.2 Å². The molecule has 0 bridgehead atoms. The van der Waals surface area contributed by atoms with Gasteiger partial charge in [-0.3, -0.25) is 9.48 Å². The Morgan fingerprint density at radius 2 is 2.08 bits per heavy atom. The molecule has 2 N–H and O–H groups in total. The smallest absolute Gasteiger partial charge is 0.235 e. The average molecular weight is 347 g/mol. The van der Waals surface area contributed by atoms with Gasteiger partial charge < -0.3 is 10.6 Å². The number of para-hydroxylation sites is 1. The summed E-state index contributed by atoms with van der Waals surface area (Å²) in [6.45, 7) is 5.84. The van der Waals surface area contributed by atoms with Crippen molar-refractivity contribution in [3.8, 4) is 11.3 Å². The van der Waals surface area contributed by atoms with Gasteiger partial charge in [0.2, 0.25) is 5.91 Å². The van der Waals surface area contributed by atoms with Crippen LogP contribution in [0.4, 0.5) is 5.82 Å². The number of carbonyl (C=O) groups is 1. The molecule has 26 heavy (non-hydrogen) atoms. The van der Waals surface area contributed by atoms with Gasteiger partial charge in [0, 0.05) is 29.3 Å². The van der Waals surface area contributed by atoms with E-state index in [1.165, 1.54) is 0 Å².